The molecular weight excluding hydrogens is 132 g/mol. The third-order valence-electron chi connectivity index (χ3n) is 0.652. The second kappa shape index (κ2) is 9.22. The molecule has 0 saturated heterocycles. The van der Waals surface area contributed by atoms with Gasteiger partial charge in [0.2, 0.25) is 0 Å². The van der Waals surface area contributed by atoms with Gasteiger partial charge in [0.25, 0.3) is 0 Å². The molecule has 0 unspecified atom stereocenters. The predicted octanol–water partition coefficient (Wildman–Crippen LogP) is 4.11. The van der Waals surface area contributed by atoms with Gasteiger partial charge in [-0.05, 0) is 13.8 Å². The summed E-state index contributed by atoms with van der Waals surface area (Å²) in [5.74, 6) is 0. The predicted molar refractivity (Wildman–Crippen MR) is 54.7 cm³/mol. The second-order valence-electron chi connectivity index (χ2n) is 2.73. The zero-order valence-electron chi connectivity index (χ0n) is 8.28. The van der Waals surface area contributed by atoms with Gasteiger partial charge in [0.1, 0.15) is 0 Å². The fourth-order valence-electron chi connectivity index (χ4n) is 0.285. The van der Waals surface area contributed by atoms with Crippen molar-refractivity contribution in [3.05, 3.63) is 36.5 Å². The summed E-state index contributed by atoms with van der Waals surface area (Å²) >= 11 is 0. The van der Waals surface area contributed by atoms with E-state index in [1.807, 2.05) is 26.0 Å². The van der Waals surface area contributed by atoms with Crippen LogP contribution in [0, 0.1) is 0 Å². The van der Waals surface area contributed by atoms with E-state index >= 15 is 0 Å². The summed E-state index contributed by atoms with van der Waals surface area (Å²) in [6.07, 6.45) is 5.14. The molecule has 0 aliphatic rings. The molecule has 0 aromatic rings. The highest BCUT2D eigenvalue weighted by Gasteiger charge is 1.72. The normalized spacial score (nSPS) is 8.73. The molecule has 0 nitrogen and oxygen atoms in total. The molecule has 0 aliphatic heterocycles. The maximum Gasteiger partial charge on any atom is -0.0404 e. The van der Waals surface area contributed by atoms with Crippen LogP contribution in [-0.4, -0.2) is 0 Å². The Labute approximate surface area is 71.3 Å². The Hall–Kier alpha value is -0.780. The van der Waals surface area contributed by atoms with Gasteiger partial charge in [0.15, 0.2) is 0 Å². The summed E-state index contributed by atoms with van der Waals surface area (Å²) in [4.78, 5) is 0. The van der Waals surface area contributed by atoms with E-state index in [1.165, 1.54) is 6.42 Å². The van der Waals surface area contributed by atoms with Crippen LogP contribution in [0.15, 0.2) is 36.5 Å². The highest BCUT2D eigenvalue weighted by atomic mass is 13.8. The van der Waals surface area contributed by atoms with Gasteiger partial charge in [-0.3, -0.25) is 0 Å². The summed E-state index contributed by atoms with van der Waals surface area (Å²) in [7, 11) is 0. The Kier molecular flexibility index (Phi) is 10.8. The minimum absolute atomic E-state index is 1.06. The average molecular weight is 152 g/mol. The van der Waals surface area contributed by atoms with Crippen molar-refractivity contribution in [2.24, 2.45) is 0 Å². The zero-order valence-corrected chi connectivity index (χ0v) is 8.28. The van der Waals surface area contributed by atoms with Crippen LogP contribution in [0.2, 0.25) is 0 Å². The molecule has 64 valence electrons. The molecule has 0 amide bonds. The first-order valence-corrected chi connectivity index (χ1v) is 4.03. The van der Waals surface area contributed by atoms with Gasteiger partial charge in [-0.1, -0.05) is 56.7 Å². The lowest BCUT2D eigenvalue weighted by molar-refractivity contribution is 1.09. The smallest absolute Gasteiger partial charge is 0.0404 e. The van der Waals surface area contributed by atoms with Crippen molar-refractivity contribution >= 4 is 0 Å². The third-order valence-corrected chi connectivity index (χ3v) is 0.652. The maximum absolute atomic E-state index is 3.70. The first-order chi connectivity index (χ1) is 5.04. The lowest BCUT2D eigenvalue weighted by Crippen LogP contribution is -1.62. The Morgan fingerprint density at radius 1 is 1.00 bits per heavy atom. The molecule has 0 heterocycles. The van der Waals surface area contributed by atoms with Crippen molar-refractivity contribution in [1.29, 1.82) is 0 Å². The average Bonchev–Trinajstić information content (AvgIpc) is 1.85. The molecule has 0 N–H and O–H groups in total. The Balaban J connectivity index is 0. The summed E-state index contributed by atoms with van der Waals surface area (Å²) in [6, 6.07) is 0. The lowest BCUT2D eigenvalue weighted by atomic mass is 10.2. The van der Waals surface area contributed by atoms with E-state index < -0.39 is 0 Å². The van der Waals surface area contributed by atoms with E-state index in [0.717, 1.165) is 11.1 Å². The van der Waals surface area contributed by atoms with Crippen LogP contribution in [-0.2, 0) is 0 Å². The molecule has 0 bridgehead atoms. The van der Waals surface area contributed by atoms with E-state index in [4.69, 9.17) is 0 Å². The fourth-order valence-corrected chi connectivity index (χ4v) is 0.285. The standard InChI is InChI=1S/C8H12.C3H8/c1-7(2)5-6-8(3)4;1-3-2/h5-6H,1,3H2,2,4H3;3H2,1-2H3/b6-5-;. The molecule has 0 rings (SSSR count). The molecule has 0 aromatic carbocycles. The van der Waals surface area contributed by atoms with E-state index in [0.29, 0.717) is 0 Å². The van der Waals surface area contributed by atoms with E-state index in [-0.39, 0.29) is 0 Å². The lowest BCUT2D eigenvalue weighted by Gasteiger charge is -1.84. The largest absolute Gasteiger partial charge is 0.0961 e. The van der Waals surface area contributed by atoms with Crippen LogP contribution < -0.4 is 0 Å². The topological polar surface area (TPSA) is 0 Å². The van der Waals surface area contributed by atoms with Crippen molar-refractivity contribution < 1.29 is 0 Å². The molecule has 0 fully saturated rings. The van der Waals surface area contributed by atoms with Crippen LogP contribution in [0.1, 0.15) is 34.1 Å². The van der Waals surface area contributed by atoms with Gasteiger partial charge in [-0.25, -0.2) is 0 Å². The highest BCUT2D eigenvalue weighted by molar-refractivity contribution is 5.20. The van der Waals surface area contributed by atoms with Crippen LogP contribution in [0.4, 0.5) is 0 Å². The Morgan fingerprint density at radius 3 is 1.27 bits per heavy atom. The molecular formula is C11H20. The molecule has 0 atom stereocenters. The van der Waals surface area contributed by atoms with Crippen molar-refractivity contribution in [3.8, 4) is 0 Å². The minimum atomic E-state index is 1.06. The molecule has 11 heavy (non-hydrogen) atoms. The molecule has 0 spiro atoms. The molecule has 0 radical (unpaired) electrons. The summed E-state index contributed by atoms with van der Waals surface area (Å²) < 4.78 is 0. The minimum Gasteiger partial charge on any atom is -0.0961 e. The number of rotatable bonds is 2. The van der Waals surface area contributed by atoms with Crippen molar-refractivity contribution in [2.45, 2.75) is 34.1 Å². The van der Waals surface area contributed by atoms with Crippen molar-refractivity contribution in [3.63, 3.8) is 0 Å². The SMILES string of the molecule is C=C(C)/C=C\C(=C)C.CCC. The molecule has 0 aromatic heterocycles. The van der Waals surface area contributed by atoms with Gasteiger partial charge in [0.05, 0.1) is 0 Å². The van der Waals surface area contributed by atoms with E-state index in [2.05, 4.69) is 27.0 Å². The van der Waals surface area contributed by atoms with Crippen LogP contribution >= 0.6 is 0 Å². The van der Waals surface area contributed by atoms with Gasteiger partial charge < -0.3 is 0 Å². The summed E-state index contributed by atoms with van der Waals surface area (Å²) in [5, 5.41) is 0. The van der Waals surface area contributed by atoms with E-state index in [9.17, 15) is 0 Å². The molecule has 0 saturated carbocycles. The molecule has 0 heteroatoms. The van der Waals surface area contributed by atoms with Gasteiger partial charge in [-0.15, -0.1) is 0 Å². The van der Waals surface area contributed by atoms with Crippen LogP contribution in [0.5, 0.6) is 0 Å². The maximum atomic E-state index is 3.70. The van der Waals surface area contributed by atoms with E-state index in [1.54, 1.807) is 0 Å². The summed E-state index contributed by atoms with van der Waals surface area (Å²) in [6.45, 7) is 15.6. The summed E-state index contributed by atoms with van der Waals surface area (Å²) in [5.41, 5.74) is 2.13. The van der Waals surface area contributed by atoms with Crippen molar-refractivity contribution in [1.82, 2.24) is 0 Å². The zero-order chi connectivity index (χ0) is 9.28. The molecule has 0 aliphatic carbocycles. The van der Waals surface area contributed by atoms with Crippen LogP contribution in [0.25, 0.3) is 0 Å². The first kappa shape index (κ1) is 12.9. The Bertz CT molecular complexity index is 122. The third kappa shape index (κ3) is 27.0. The highest BCUT2D eigenvalue weighted by Crippen LogP contribution is 1.94. The number of hydrogen-bond donors (Lipinski definition) is 0. The Morgan fingerprint density at radius 2 is 1.18 bits per heavy atom. The van der Waals surface area contributed by atoms with Crippen LogP contribution in [0.3, 0.4) is 0 Å². The second-order valence-corrected chi connectivity index (χ2v) is 2.73. The monoisotopic (exact) mass is 152 g/mol. The quantitative estimate of drug-likeness (QED) is 0.522. The van der Waals surface area contributed by atoms with Gasteiger partial charge in [-0.2, -0.15) is 0 Å². The van der Waals surface area contributed by atoms with Crippen molar-refractivity contribution in [2.75, 3.05) is 0 Å². The first-order valence-electron chi connectivity index (χ1n) is 4.03. The number of hydrogen-bond acceptors (Lipinski definition) is 0. The fraction of sp³-hybridized carbons (Fsp3) is 0.455. The number of allylic oxidation sites excluding steroid dienone is 4. The van der Waals surface area contributed by atoms with Gasteiger partial charge in [0, 0.05) is 0 Å². The van der Waals surface area contributed by atoms with Gasteiger partial charge >= 0.3 is 0 Å².